The molecule has 2 aromatic carbocycles. The molecule has 2 aromatic rings. The van der Waals surface area contributed by atoms with E-state index in [-0.39, 0.29) is 11.9 Å². The highest BCUT2D eigenvalue weighted by Crippen LogP contribution is 2.18. The summed E-state index contributed by atoms with van der Waals surface area (Å²) < 4.78 is 0. The van der Waals surface area contributed by atoms with E-state index in [0.29, 0.717) is 11.4 Å². The molecule has 0 radical (unpaired) electrons. The second-order valence-electron chi connectivity index (χ2n) is 4.56. The maximum atomic E-state index is 11.9. The molecule has 3 nitrogen and oxygen atoms in total. The van der Waals surface area contributed by atoms with Crippen LogP contribution in [0.2, 0.25) is 0 Å². The van der Waals surface area contributed by atoms with Gasteiger partial charge in [0, 0.05) is 10.6 Å². The van der Waals surface area contributed by atoms with Crippen molar-refractivity contribution < 1.29 is 4.79 Å². The van der Waals surface area contributed by atoms with Gasteiger partial charge in [0.25, 0.3) is 0 Å². The number of thioether (sulfide) groups is 1. The Balaban J connectivity index is 1.85. The highest BCUT2D eigenvalue weighted by atomic mass is 32.2. The van der Waals surface area contributed by atoms with Crippen molar-refractivity contribution in [3.05, 3.63) is 60.2 Å². The van der Waals surface area contributed by atoms with Gasteiger partial charge in [-0.2, -0.15) is 0 Å². The van der Waals surface area contributed by atoms with Gasteiger partial charge in [-0.25, -0.2) is 0 Å². The van der Waals surface area contributed by atoms with Crippen LogP contribution in [0.1, 0.15) is 18.5 Å². The number of hydrogen-bond donors (Lipinski definition) is 2. The molecule has 20 heavy (non-hydrogen) atoms. The monoisotopic (exact) mass is 286 g/mol. The highest BCUT2D eigenvalue weighted by Gasteiger charge is 2.09. The molecule has 0 aliphatic heterocycles. The largest absolute Gasteiger partial charge is 0.399 e. The topological polar surface area (TPSA) is 55.1 Å². The predicted molar refractivity (Wildman–Crippen MR) is 84.6 cm³/mol. The van der Waals surface area contributed by atoms with Crippen molar-refractivity contribution in [2.75, 3.05) is 11.5 Å². The minimum atomic E-state index is -0.0395. The van der Waals surface area contributed by atoms with Crippen LogP contribution in [0.15, 0.2) is 59.5 Å². The Morgan fingerprint density at radius 3 is 2.65 bits per heavy atom. The van der Waals surface area contributed by atoms with Crippen molar-refractivity contribution in [3.63, 3.8) is 0 Å². The summed E-state index contributed by atoms with van der Waals surface area (Å²) in [6, 6.07) is 17.4. The molecule has 3 N–H and O–H groups in total. The molecular formula is C16H18N2OS. The molecule has 1 atom stereocenters. The highest BCUT2D eigenvalue weighted by molar-refractivity contribution is 8.00. The lowest BCUT2D eigenvalue weighted by Gasteiger charge is -2.14. The average Bonchev–Trinajstić information content (AvgIpc) is 2.46. The third-order valence-electron chi connectivity index (χ3n) is 2.90. The Hall–Kier alpha value is -1.94. The Bertz CT molecular complexity index is 572. The number of carbonyl (C=O) groups is 1. The summed E-state index contributed by atoms with van der Waals surface area (Å²) in [5.41, 5.74) is 7.47. The van der Waals surface area contributed by atoms with Gasteiger partial charge in [-0.3, -0.25) is 4.79 Å². The Morgan fingerprint density at radius 2 is 1.95 bits per heavy atom. The fourth-order valence-electron chi connectivity index (χ4n) is 1.86. The van der Waals surface area contributed by atoms with Gasteiger partial charge < -0.3 is 11.1 Å². The molecule has 2 rings (SSSR count). The lowest BCUT2D eigenvalue weighted by Crippen LogP contribution is -2.28. The second-order valence-corrected chi connectivity index (χ2v) is 5.61. The van der Waals surface area contributed by atoms with Crippen LogP contribution in [0.25, 0.3) is 0 Å². The van der Waals surface area contributed by atoms with E-state index in [1.807, 2.05) is 61.5 Å². The summed E-state index contributed by atoms with van der Waals surface area (Å²) >= 11 is 1.53. The fourth-order valence-corrected chi connectivity index (χ4v) is 2.59. The van der Waals surface area contributed by atoms with E-state index in [9.17, 15) is 4.79 Å². The number of amides is 1. The van der Waals surface area contributed by atoms with E-state index in [4.69, 9.17) is 5.73 Å². The molecule has 0 saturated carbocycles. The van der Waals surface area contributed by atoms with E-state index in [2.05, 4.69) is 5.32 Å². The predicted octanol–water partition coefficient (Wildman–Crippen LogP) is 3.24. The van der Waals surface area contributed by atoms with Gasteiger partial charge in [0.15, 0.2) is 0 Å². The lowest BCUT2D eigenvalue weighted by atomic mass is 10.1. The first-order chi connectivity index (χ1) is 9.65. The van der Waals surface area contributed by atoms with Gasteiger partial charge in [-0.05, 0) is 36.8 Å². The zero-order valence-corrected chi connectivity index (χ0v) is 12.2. The van der Waals surface area contributed by atoms with Gasteiger partial charge in [-0.15, -0.1) is 11.8 Å². The molecule has 0 aliphatic rings. The fraction of sp³-hybridized carbons (Fsp3) is 0.188. The van der Waals surface area contributed by atoms with Gasteiger partial charge in [0.1, 0.15) is 0 Å². The Kier molecular flexibility index (Phi) is 5.07. The number of nitrogens with two attached hydrogens (primary N) is 1. The van der Waals surface area contributed by atoms with E-state index in [0.717, 1.165) is 10.5 Å². The van der Waals surface area contributed by atoms with Gasteiger partial charge >= 0.3 is 0 Å². The van der Waals surface area contributed by atoms with Crippen molar-refractivity contribution in [1.82, 2.24) is 5.32 Å². The SMILES string of the molecule is CC(NC(=O)CSc1ccccc1)c1cccc(N)c1. The number of benzene rings is 2. The number of nitrogens with one attached hydrogen (secondary N) is 1. The maximum absolute atomic E-state index is 11.9. The Morgan fingerprint density at radius 1 is 1.20 bits per heavy atom. The van der Waals surface area contributed by atoms with Crippen molar-refractivity contribution >= 4 is 23.4 Å². The van der Waals surface area contributed by atoms with Crippen molar-refractivity contribution in [1.29, 1.82) is 0 Å². The molecule has 0 aliphatic carbocycles. The van der Waals surface area contributed by atoms with Crippen LogP contribution in [0, 0.1) is 0 Å². The molecule has 0 spiro atoms. The number of anilines is 1. The third kappa shape index (κ3) is 4.31. The van der Waals surface area contributed by atoms with Crippen molar-refractivity contribution in [3.8, 4) is 0 Å². The lowest BCUT2D eigenvalue weighted by molar-refractivity contribution is -0.119. The first-order valence-electron chi connectivity index (χ1n) is 6.48. The minimum absolute atomic E-state index is 0.0220. The molecule has 4 heteroatoms. The van der Waals surface area contributed by atoms with Crippen LogP contribution >= 0.6 is 11.8 Å². The van der Waals surface area contributed by atoms with Gasteiger partial charge in [0.05, 0.1) is 11.8 Å². The molecule has 0 heterocycles. The first-order valence-corrected chi connectivity index (χ1v) is 7.46. The molecule has 1 unspecified atom stereocenters. The van der Waals surface area contributed by atoms with E-state index >= 15 is 0 Å². The number of hydrogen-bond acceptors (Lipinski definition) is 3. The maximum Gasteiger partial charge on any atom is 0.230 e. The van der Waals surface area contributed by atoms with Gasteiger partial charge in [-0.1, -0.05) is 30.3 Å². The Labute approximate surface area is 123 Å². The molecular weight excluding hydrogens is 268 g/mol. The van der Waals surface area contributed by atoms with Crippen molar-refractivity contribution in [2.24, 2.45) is 0 Å². The smallest absolute Gasteiger partial charge is 0.230 e. The zero-order valence-electron chi connectivity index (χ0n) is 11.4. The van der Waals surface area contributed by atoms with Crippen LogP contribution < -0.4 is 11.1 Å². The van der Waals surface area contributed by atoms with Crippen LogP contribution in [-0.2, 0) is 4.79 Å². The normalized spacial score (nSPS) is 11.8. The molecule has 104 valence electrons. The minimum Gasteiger partial charge on any atom is -0.399 e. The van der Waals surface area contributed by atoms with Crippen LogP contribution in [0.5, 0.6) is 0 Å². The summed E-state index contributed by atoms with van der Waals surface area (Å²) in [5, 5.41) is 2.98. The number of carbonyl (C=O) groups excluding carboxylic acids is 1. The molecule has 0 bridgehead atoms. The molecule has 0 saturated heterocycles. The summed E-state index contributed by atoms with van der Waals surface area (Å²) in [7, 11) is 0. The number of nitrogen functional groups attached to an aromatic ring is 1. The quantitative estimate of drug-likeness (QED) is 0.655. The molecule has 0 fully saturated rings. The third-order valence-corrected chi connectivity index (χ3v) is 3.91. The van der Waals surface area contributed by atoms with Gasteiger partial charge in [0.2, 0.25) is 5.91 Å². The van der Waals surface area contributed by atoms with Crippen LogP contribution in [-0.4, -0.2) is 11.7 Å². The summed E-state index contributed by atoms with van der Waals surface area (Å²) in [6.45, 7) is 1.96. The molecule has 0 aromatic heterocycles. The first kappa shape index (κ1) is 14.5. The van der Waals surface area contributed by atoms with Crippen molar-refractivity contribution in [2.45, 2.75) is 17.9 Å². The zero-order chi connectivity index (χ0) is 14.4. The summed E-state index contributed by atoms with van der Waals surface area (Å²) in [5.74, 6) is 0.435. The average molecular weight is 286 g/mol. The summed E-state index contributed by atoms with van der Waals surface area (Å²) in [4.78, 5) is 13.0. The summed E-state index contributed by atoms with van der Waals surface area (Å²) in [6.07, 6.45) is 0. The van der Waals surface area contributed by atoms with E-state index in [1.165, 1.54) is 11.8 Å². The van der Waals surface area contributed by atoms with Crippen LogP contribution in [0.4, 0.5) is 5.69 Å². The van der Waals surface area contributed by atoms with E-state index < -0.39 is 0 Å². The molecule has 1 amide bonds. The second kappa shape index (κ2) is 7.01. The van der Waals surface area contributed by atoms with E-state index in [1.54, 1.807) is 0 Å². The number of rotatable bonds is 5. The standard InChI is InChI=1S/C16H18N2OS/c1-12(13-6-5-7-14(17)10-13)18-16(19)11-20-15-8-3-2-4-9-15/h2-10,12H,11,17H2,1H3,(H,18,19). The van der Waals surface area contributed by atoms with Crippen LogP contribution in [0.3, 0.4) is 0 Å².